The van der Waals surface area contributed by atoms with Crippen molar-refractivity contribution in [2.45, 2.75) is 20.8 Å². The minimum atomic E-state index is 1.16. The maximum absolute atomic E-state index is 3.12. The quantitative estimate of drug-likeness (QED) is 0.778. The Balaban J connectivity index is 0.000000791. The number of benzene rings is 1. The highest BCUT2D eigenvalue weighted by molar-refractivity contribution is 5.59. The van der Waals surface area contributed by atoms with E-state index in [1.165, 1.54) is 11.3 Å². The fourth-order valence-electron chi connectivity index (χ4n) is 1.31. The van der Waals surface area contributed by atoms with E-state index in [1.807, 2.05) is 20.9 Å². The van der Waals surface area contributed by atoms with E-state index in [2.05, 4.69) is 49.4 Å². The Labute approximate surface area is 87.9 Å². The van der Waals surface area contributed by atoms with Crippen LogP contribution in [0.1, 0.15) is 19.4 Å². The molecule has 0 bridgehead atoms. The van der Waals surface area contributed by atoms with Gasteiger partial charge >= 0.3 is 0 Å². The van der Waals surface area contributed by atoms with Crippen molar-refractivity contribution in [3.63, 3.8) is 0 Å². The minimum Gasteiger partial charge on any atom is -0.388 e. The van der Waals surface area contributed by atoms with Gasteiger partial charge in [-0.15, -0.1) is 0 Å². The number of nitrogens with zero attached hydrogens (tertiary/aromatic N) is 1. The predicted molar refractivity (Wildman–Crippen MR) is 66.4 cm³/mol. The van der Waals surface area contributed by atoms with Crippen LogP contribution in [0.15, 0.2) is 18.2 Å². The van der Waals surface area contributed by atoms with Crippen LogP contribution in [0.4, 0.5) is 11.4 Å². The molecule has 1 aromatic rings. The number of rotatable bonds is 2. The number of hydrogen-bond acceptors (Lipinski definition) is 2. The van der Waals surface area contributed by atoms with E-state index < -0.39 is 0 Å². The lowest BCUT2D eigenvalue weighted by molar-refractivity contribution is 1.11. The first-order valence-corrected chi connectivity index (χ1v) is 5.11. The van der Waals surface area contributed by atoms with Gasteiger partial charge in [0.15, 0.2) is 0 Å². The highest BCUT2D eigenvalue weighted by atomic mass is 15.1. The highest BCUT2D eigenvalue weighted by Gasteiger charge is 1.99. The minimum absolute atomic E-state index is 1.16. The van der Waals surface area contributed by atoms with Gasteiger partial charge < -0.3 is 10.2 Å². The Morgan fingerprint density at radius 2 is 1.71 bits per heavy atom. The zero-order valence-corrected chi connectivity index (χ0v) is 10.2. The van der Waals surface area contributed by atoms with Gasteiger partial charge in [-0.1, -0.05) is 13.8 Å². The molecular formula is C12H22N2. The number of nitrogens with one attached hydrogen (secondary N) is 1. The van der Waals surface area contributed by atoms with E-state index in [0.29, 0.717) is 0 Å². The third-order valence-corrected chi connectivity index (χ3v) is 1.97. The lowest BCUT2D eigenvalue weighted by Crippen LogP contribution is -2.10. The van der Waals surface area contributed by atoms with Crippen molar-refractivity contribution in [3.05, 3.63) is 23.8 Å². The van der Waals surface area contributed by atoms with Crippen LogP contribution in [-0.2, 0) is 0 Å². The van der Waals surface area contributed by atoms with Gasteiger partial charge in [0.25, 0.3) is 0 Å². The summed E-state index contributed by atoms with van der Waals surface area (Å²) in [6, 6.07) is 6.36. The largest absolute Gasteiger partial charge is 0.388 e. The molecule has 0 aliphatic rings. The van der Waals surface area contributed by atoms with E-state index in [4.69, 9.17) is 0 Å². The monoisotopic (exact) mass is 194 g/mol. The third-order valence-electron chi connectivity index (χ3n) is 1.97. The van der Waals surface area contributed by atoms with Crippen molar-refractivity contribution in [3.8, 4) is 0 Å². The van der Waals surface area contributed by atoms with Crippen LogP contribution in [-0.4, -0.2) is 21.1 Å². The van der Waals surface area contributed by atoms with Gasteiger partial charge in [-0.05, 0) is 30.7 Å². The molecule has 0 heterocycles. The number of aryl methyl sites for hydroxylation is 1. The average molecular weight is 194 g/mol. The maximum Gasteiger partial charge on any atom is 0.0392 e. The Morgan fingerprint density at radius 3 is 2.07 bits per heavy atom. The molecule has 14 heavy (non-hydrogen) atoms. The molecule has 0 fully saturated rings. The van der Waals surface area contributed by atoms with Crippen LogP contribution in [0.3, 0.4) is 0 Å². The molecule has 0 saturated carbocycles. The highest BCUT2D eigenvalue weighted by Crippen LogP contribution is 2.21. The van der Waals surface area contributed by atoms with Crippen LogP contribution < -0.4 is 10.2 Å². The summed E-state index contributed by atoms with van der Waals surface area (Å²) in [6.45, 7) is 6.12. The molecule has 0 aliphatic carbocycles. The Hall–Kier alpha value is -1.18. The fraction of sp³-hybridized carbons (Fsp3) is 0.500. The SMILES string of the molecule is CC.CNc1ccc(N(C)C)c(C)c1. The molecule has 0 unspecified atom stereocenters. The summed E-state index contributed by atoms with van der Waals surface area (Å²) in [4.78, 5) is 2.12. The maximum atomic E-state index is 3.12. The van der Waals surface area contributed by atoms with Crippen molar-refractivity contribution < 1.29 is 0 Å². The lowest BCUT2D eigenvalue weighted by atomic mass is 10.1. The molecule has 0 atom stereocenters. The summed E-state index contributed by atoms with van der Waals surface area (Å²) in [5, 5.41) is 3.12. The molecule has 1 N–H and O–H groups in total. The van der Waals surface area contributed by atoms with E-state index in [1.54, 1.807) is 0 Å². The van der Waals surface area contributed by atoms with Crippen molar-refractivity contribution >= 4 is 11.4 Å². The fourth-order valence-corrected chi connectivity index (χ4v) is 1.31. The van der Waals surface area contributed by atoms with Gasteiger partial charge in [0, 0.05) is 32.5 Å². The molecule has 0 amide bonds. The zero-order valence-electron chi connectivity index (χ0n) is 10.2. The molecule has 80 valence electrons. The first-order chi connectivity index (χ1) is 6.65. The summed E-state index contributed by atoms with van der Waals surface area (Å²) >= 11 is 0. The molecule has 0 radical (unpaired) electrons. The first kappa shape index (κ1) is 12.8. The molecule has 1 aromatic carbocycles. The van der Waals surface area contributed by atoms with Crippen molar-refractivity contribution in [1.82, 2.24) is 0 Å². The second kappa shape index (κ2) is 6.30. The Kier molecular flexibility index (Phi) is 5.77. The van der Waals surface area contributed by atoms with Crippen molar-refractivity contribution in [2.75, 3.05) is 31.4 Å². The van der Waals surface area contributed by atoms with Crippen LogP contribution in [0.2, 0.25) is 0 Å². The zero-order chi connectivity index (χ0) is 11.1. The topological polar surface area (TPSA) is 15.3 Å². The van der Waals surface area contributed by atoms with Gasteiger partial charge in [-0.2, -0.15) is 0 Å². The number of anilines is 2. The van der Waals surface area contributed by atoms with Crippen LogP contribution in [0.25, 0.3) is 0 Å². The van der Waals surface area contributed by atoms with Crippen LogP contribution in [0, 0.1) is 6.92 Å². The lowest BCUT2D eigenvalue weighted by Gasteiger charge is -2.16. The van der Waals surface area contributed by atoms with Crippen molar-refractivity contribution in [1.29, 1.82) is 0 Å². The van der Waals surface area contributed by atoms with Gasteiger partial charge in [0.2, 0.25) is 0 Å². The first-order valence-electron chi connectivity index (χ1n) is 5.11. The Bertz CT molecular complexity index is 267. The van der Waals surface area contributed by atoms with Crippen LogP contribution >= 0.6 is 0 Å². The Morgan fingerprint density at radius 1 is 1.14 bits per heavy atom. The number of hydrogen-bond donors (Lipinski definition) is 1. The standard InChI is InChI=1S/C10H16N2.C2H6/c1-8-7-9(11-2)5-6-10(8)12(3)4;1-2/h5-7,11H,1-4H3;1-2H3. The molecule has 0 spiro atoms. The van der Waals surface area contributed by atoms with E-state index >= 15 is 0 Å². The molecule has 0 aromatic heterocycles. The van der Waals surface area contributed by atoms with E-state index in [-0.39, 0.29) is 0 Å². The predicted octanol–water partition coefficient (Wildman–Crippen LogP) is 3.13. The molecule has 2 heteroatoms. The summed E-state index contributed by atoms with van der Waals surface area (Å²) in [5.74, 6) is 0. The second-order valence-electron chi connectivity index (χ2n) is 3.15. The van der Waals surface area contributed by atoms with Crippen LogP contribution in [0.5, 0.6) is 0 Å². The van der Waals surface area contributed by atoms with Gasteiger partial charge in [0.1, 0.15) is 0 Å². The molecule has 1 rings (SSSR count). The summed E-state index contributed by atoms with van der Waals surface area (Å²) in [7, 11) is 6.05. The summed E-state index contributed by atoms with van der Waals surface area (Å²) in [5.41, 5.74) is 3.74. The third kappa shape index (κ3) is 3.29. The molecular weight excluding hydrogens is 172 g/mol. The smallest absolute Gasteiger partial charge is 0.0392 e. The van der Waals surface area contributed by atoms with Crippen molar-refractivity contribution in [2.24, 2.45) is 0 Å². The molecule has 0 saturated heterocycles. The van der Waals surface area contributed by atoms with Gasteiger partial charge in [0.05, 0.1) is 0 Å². The average Bonchev–Trinajstić information content (AvgIpc) is 2.20. The summed E-state index contributed by atoms with van der Waals surface area (Å²) < 4.78 is 0. The van der Waals surface area contributed by atoms with E-state index in [9.17, 15) is 0 Å². The normalized spacial score (nSPS) is 8.71. The molecule has 2 nitrogen and oxygen atoms in total. The molecule has 0 aliphatic heterocycles. The van der Waals surface area contributed by atoms with E-state index in [0.717, 1.165) is 5.69 Å². The van der Waals surface area contributed by atoms with Gasteiger partial charge in [-0.25, -0.2) is 0 Å². The van der Waals surface area contributed by atoms with Gasteiger partial charge in [-0.3, -0.25) is 0 Å². The summed E-state index contributed by atoms with van der Waals surface area (Å²) in [6.07, 6.45) is 0. The second-order valence-corrected chi connectivity index (χ2v) is 3.15.